The maximum atomic E-state index is 12.1. The van der Waals surface area contributed by atoms with Crippen LogP contribution in [0.3, 0.4) is 0 Å². The summed E-state index contributed by atoms with van der Waals surface area (Å²) in [6.07, 6.45) is 0.936. The quantitative estimate of drug-likeness (QED) is 0.805. The number of aryl methyl sites for hydroxylation is 1. The molecule has 1 heterocycles. The van der Waals surface area contributed by atoms with Gasteiger partial charge in [-0.25, -0.2) is 0 Å². The van der Waals surface area contributed by atoms with Gasteiger partial charge in [-0.3, -0.25) is 14.4 Å². The summed E-state index contributed by atoms with van der Waals surface area (Å²) >= 11 is 0. The van der Waals surface area contributed by atoms with Gasteiger partial charge in [-0.15, -0.1) is 0 Å². The van der Waals surface area contributed by atoms with Crippen molar-refractivity contribution in [1.29, 1.82) is 0 Å². The Kier molecular flexibility index (Phi) is 5.73. The van der Waals surface area contributed by atoms with Crippen molar-refractivity contribution in [2.45, 2.75) is 26.7 Å². The number of hydrogen-bond acceptors (Lipinski definition) is 4. The van der Waals surface area contributed by atoms with Crippen molar-refractivity contribution in [3.8, 4) is 0 Å². The van der Waals surface area contributed by atoms with E-state index in [0.717, 1.165) is 17.7 Å². The Bertz CT molecular complexity index is 583. The Hall–Kier alpha value is -2.37. The third kappa shape index (κ3) is 4.55. The van der Waals surface area contributed by atoms with Crippen molar-refractivity contribution < 1.29 is 19.1 Å². The summed E-state index contributed by atoms with van der Waals surface area (Å²) < 4.78 is 5.01. The Morgan fingerprint density at radius 1 is 1.30 bits per heavy atom. The minimum Gasteiger partial charge on any atom is -0.455 e. The van der Waals surface area contributed by atoms with Gasteiger partial charge in [0.05, 0.1) is 5.92 Å². The Morgan fingerprint density at radius 2 is 2.00 bits per heavy atom. The smallest absolute Gasteiger partial charge is 0.311 e. The van der Waals surface area contributed by atoms with Crippen LogP contribution in [-0.2, 0) is 19.1 Å². The van der Waals surface area contributed by atoms with Crippen LogP contribution in [0.1, 0.15) is 25.3 Å². The zero-order valence-electron chi connectivity index (χ0n) is 13.5. The number of rotatable bonds is 6. The van der Waals surface area contributed by atoms with Crippen LogP contribution in [0.2, 0.25) is 0 Å². The first-order valence-corrected chi connectivity index (χ1v) is 7.81. The average Bonchev–Trinajstić information content (AvgIpc) is 2.93. The van der Waals surface area contributed by atoms with Crippen LogP contribution in [0, 0.1) is 12.8 Å². The van der Waals surface area contributed by atoms with Crippen LogP contribution in [0.4, 0.5) is 5.69 Å². The number of nitrogens with zero attached hydrogens (tertiary/aromatic N) is 1. The van der Waals surface area contributed by atoms with E-state index in [-0.39, 0.29) is 31.4 Å². The summed E-state index contributed by atoms with van der Waals surface area (Å²) in [7, 11) is 0. The summed E-state index contributed by atoms with van der Waals surface area (Å²) in [6, 6.07) is 7.57. The van der Waals surface area contributed by atoms with Crippen molar-refractivity contribution in [2.24, 2.45) is 5.92 Å². The van der Waals surface area contributed by atoms with Gasteiger partial charge in [-0.05, 0) is 25.5 Å². The molecule has 0 saturated carbocycles. The van der Waals surface area contributed by atoms with Gasteiger partial charge in [0.1, 0.15) is 0 Å². The monoisotopic (exact) mass is 318 g/mol. The fourth-order valence-corrected chi connectivity index (χ4v) is 2.41. The predicted octanol–water partition coefficient (Wildman–Crippen LogP) is 1.42. The molecule has 0 aromatic heterocycles. The summed E-state index contributed by atoms with van der Waals surface area (Å²) in [6.45, 7) is 4.46. The number of ether oxygens (including phenoxy) is 1. The Labute approximate surface area is 135 Å². The van der Waals surface area contributed by atoms with Crippen LogP contribution < -0.4 is 10.2 Å². The van der Waals surface area contributed by atoms with Crippen molar-refractivity contribution in [2.75, 3.05) is 24.6 Å². The fraction of sp³-hybridized carbons (Fsp3) is 0.471. The molecule has 0 unspecified atom stereocenters. The van der Waals surface area contributed by atoms with Crippen LogP contribution in [0.15, 0.2) is 24.3 Å². The number of hydrogen-bond donors (Lipinski definition) is 1. The second-order valence-electron chi connectivity index (χ2n) is 5.70. The minimum absolute atomic E-state index is 0.105. The molecule has 6 heteroatoms. The maximum Gasteiger partial charge on any atom is 0.311 e. The first kappa shape index (κ1) is 17.0. The molecule has 1 aliphatic heterocycles. The molecule has 1 N–H and O–H groups in total. The highest BCUT2D eigenvalue weighted by Gasteiger charge is 2.36. The van der Waals surface area contributed by atoms with Crippen LogP contribution >= 0.6 is 0 Å². The standard InChI is InChI=1S/C17H22N2O4/c1-3-8-18-15(20)11-23-17(22)13-9-16(21)19(10-13)14-6-4-12(2)5-7-14/h4-7,13H,3,8-11H2,1-2H3,(H,18,20)/t13-/m1/s1. The largest absolute Gasteiger partial charge is 0.455 e. The molecule has 0 bridgehead atoms. The lowest BCUT2D eigenvalue weighted by molar-refractivity contribution is -0.152. The highest BCUT2D eigenvalue weighted by Crippen LogP contribution is 2.26. The van der Waals surface area contributed by atoms with E-state index in [0.29, 0.717) is 6.54 Å². The second-order valence-corrected chi connectivity index (χ2v) is 5.70. The topological polar surface area (TPSA) is 75.7 Å². The molecular weight excluding hydrogens is 296 g/mol. The second kappa shape index (κ2) is 7.76. The predicted molar refractivity (Wildman–Crippen MR) is 85.9 cm³/mol. The Balaban J connectivity index is 1.87. The molecule has 2 amide bonds. The summed E-state index contributed by atoms with van der Waals surface area (Å²) in [5, 5.41) is 2.63. The van der Waals surface area contributed by atoms with E-state index < -0.39 is 11.9 Å². The molecule has 23 heavy (non-hydrogen) atoms. The van der Waals surface area contributed by atoms with E-state index in [2.05, 4.69) is 5.32 Å². The molecular formula is C17H22N2O4. The van der Waals surface area contributed by atoms with Gasteiger partial charge < -0.3 is 15.0 Å². The van der Waals surface area contributed by atoms with E-state index in [9.17, 15) is 14.4 Å². The molecule has 1 aromatic rings. The fourth-order valence-electron chi connectivity index (χ4n) is 2.41. The summed E-state index contributed by atoms with van der Waals surface area (Å²) in [4.78, 5) is 37.1. The Morgan fingerprint density at radius 3 is 2.65 bits per heavy atom. The van der Waals surface area contributed by atoms with Gasteiger partial charge in [0.2, 0.25) is 5.91 Å². The molecule has 124 valence electrons. The third-order valence-corrected chi connectivity index (χ3v) is 3.72. The van der Waals surface area contributed by atoms with E-state index in [4.69, 9.17) is 4.74 Å². The SMILES string of the molecule is CCCNC(=O)COC(=O)[C@@H]1CC(=O)N(c2ccc(C)cc2)C1. The number of carbonyl (C=O) groups is 3. The number of esters is 1. The molecule has 1 aromatic carbocycles. The third-order valence-electron chi connectivity index (χ3n) is 3.72. The van der Waals surface area contributed by atoms with Gasteiger partial charge in [0.25, 0.3) is 5.91 Å². The van der Waals surface area contributed by atoms with Crippen LogP contribution in [0.25, 0.3) is 0 Å². The normalized spacial score (nSPS) is 17.2. The first-order chi connectivity index (χ1) is 11.0. The number of nitrogens with one attached hydrogen (secondary N) is 1. The molecule has 0 spiro atoms. The van der Waals surface area contributed by atoms with Crippen molar-refractivity contribution in [3.05, 3.63) is 29.8 Å². The number of anilines is 1. The lowest BCUT2D eigenvalue weighted by Gasteiger charge is -2.16. The minimum atomic E-state index is -0.525. The van der Waals surface area contributed by atoms with E-state index >= 15 is 0 Å². The molecule has 1 fully saturated rings. The van der Waals surface area contributed by atoms with E-state index in [1.807, 2.05) is 38.1 Å². The first-order valence-electron chi connectivity index (χ1n) is 7.81. The molecule has 1 saturated heterocycles. The molecule has 0 radical (unpaired) electrons. The maximum absolute atomic E-state index is 12.1. The van der Waals surface area contributed by atoms with Crippen LogP contribution in [-0.4, -0.2) is 37.5 Å². The van der Waals surface area contributed by atoms with Gasteiger partial charge in [0.15, 0.2) is 6.61 Å². The van der Waals surface area contributed by atoms with Crippen molar-refractivity contribution in [3.63, 3.8) is 0 Å². The van der Waals surface area contributed by atoms with E-state index in [1.54, 1.807) is 4.90 Å². The van der Waals surface area contributed by atoms with E-state index in [1.165, 1.54) is 0 Å². The summed E-state index contributed by atoms with van der Waals surface area (Å²) in [5.74, 6) is -1.45. The number of benzene rings is 1. The average molecular weight is 318 g/mol. The lowest BCUT2D eigenvalue weighted by atomic mass is 10.1. The molecule has 1 aliphatic rings. The van der Waals surface area contributed by atoms with Gasteiger partial charge in [-0.2, -0.15) is 0 Å². The lowest BCUT2D eigenvalue weighted by Crippen LogP contribution is -2.31. The van der Waals surface area contributed by atoms with Crippen LogP contribution in [0.5, 0.6) is 0 Å². The molecule has 2 rings (SSSR count). The van der Waals surface area contributed by atoms with Gasteiger partial charge in [0, 0.05) is 25.2 Å². The summed E-state index contributed by atoms with van der Waals surface area (Å²) in [5.41, 5.74) is 1.88. The number of carbonyl (C=O) groups excluding carboxylic acids is 3. The molecule has 6 nitrogen and oxygen atoms in total. The number of amides is 2. The zero-order chi connectivity index (χ0) is 16.8. The van der Waals surface area contributed by atoms with Crippen molar-refractivity contribution in [1.82, 2.24) is 5.32 Å². The molecule has 0 aliphatic carbocycles. The zero-order valence-corrected chi connectivity index (χ0v) is 13.5. The highest BCUT2D eigenvalue weighted by atomic mass is 16.5. The van der Waals surface area contributed by atoms with Gasteiger partial charge >= 0.3 is 5.97 Å². The molecule has 1 atom stereocenters. The highest BCUT2D eigenvalue weighted by molar-refractivity contribution is 5.99. The van der Waals surface area contributed by atoms with Gasteiger partial charge in [-0.1, -0.05) is 24.6 Å². The van der Waals surface area contributed by atoms with Crippen molar-refractivity contribution >= 4 is 23.5 Å².